The second kappa shape index (κ2) is 6.77. The Labute approximate surface area is 106 Å². The number of aliphatic hydroxyl groups excluding tert-OH is 1. The van der Waals surface area contributed by atoms with E-state index in [1.54, 1.807) is 13.1 Å². The smallest absolute Gasteiger partial charge is 0.256 e. The predicted molar refractivity (Wildman–Crippen MR) is 67.6 cm³/mol. The molecule has 0 aliphatic carbocycles. The highest BCUT2D eigenvalue weighted by Gasteiger charge is 2.14. The minimum absolute atomic E-state index is 0.0205. The van der Waals surface area contributed by atoms with Crippen LogP contribution < -0.4 is 0 Å². The van der Waals surface area contributed by atoms with Gasteiger partial charge in [-0.3, -0.25) is 4.79 Å². The maximum atomic E-state index is 13.7. The summed E-state index contributed by atoms with van der Waals surface area (Å²) in [6.07, 6.45) is 0.348. The Morgan fingerprint density at radius 3 is 2.78 bits per heavy atom. The SMILES string of the molecule is CCN(C)C(=O)c1ccc(C#CCCO)cc1F. The summed E-state index contributed by atoms with van der Waals surface area (Å²) in [6, 6.07) is 4.28. The highest BCUT2D eigenvalue weighted by molar-refractivity contribution is 5.94. The molecule has 0 aromatic heterocycles. The Bertz CT molecular complexity index is 488. The van der Waals surface area contributed by atoms with Gasteiger partial charge in [-0.15, -0.1) is 0 Å². The topological polar surface area (TPSA) is 40.5 Å². The van der Waals surface area contributed by atoms with Gasteiger partial charge in [-0.2, -0.15) is 0 Å². The van der Waals surface area contributed by atoms with E-state index in [2.05, 4.69) is 11.8 Å². The van der Waals surface area contributed by atoms with E-state index in [0.29, 0.717) is 18.5 Å². The maximum Gasteiger partial charge on any atom is 0.256 e. The lowest BCUT2D eigenvalue weighted by atomic mass is 10.1. The third-order valence-corrected chi connectivity index (χ3v) is 2.49. The van der Waals surface area contributed by atoms with Crippen LogP contribution >= 0.6 is 0 Å². The van der Waals surface area contributed by atoms with Crippen molar-refractivity contribution in [3.8, 4) is 11.8 Å². The third-order valence-electron chi connectivity index (χ3n) is 2.49. The molecule has 96 valence electrons. The van der Waals surface area contributed by atoms with E-state index in [1.807, 2.05) is 6.92 Å². The number of carbonyl (C=O) groups excluding carboxylic acids is 1. The summed E-state index contributed by atoms with van der Waals surface area (Å²) in [7, 11) is 1.62. The lowest BCUT2D eigenvalue weighted by Crippen LogP contribution is -2.27. The van der Waals surface area contributed by atoms with Gasteiger partial charge in [0.05, 0.1) is 12.2 Å². The molecule has 1 rings (SSSR count). The molecule has 0 saturated carbocycles. The number of amides is 1. The summed E-state index contributed by atoms with van der Waals surface area (Å²) in [6.45, 7) is 2.33. The zero-order valence-corrected chi connectivity index (χ0v) is 10.5. The molecule has 3 nitrogen and oxygen atoms in total. The van der Waals surface area contributed by atoms with E-state index < -0.39 is 5.82 Å². The van der Waals surface area contributed by atoms with Gasteiger partial charge in [0.2, 0.25) is 0 Å². The molecule has 18 heavy (non-hydrogen) atoms. The number of hydrogen-bond acceptors (Lipinski definition) is 2. The fourth-order valence-electron chi connectivity index (χ4n) is 1.34. The number of hydrogen-bond donors (Lipinski definition) is 1. The number of benzene rings is 1. The van der Waals surface area contributed by atoms with Crippen LogP contribution in [0.5, 0.6) is 0 Å². The maximum absolute atomic E-state index is 13.7. The van der Waals surface area contributed by atoms with Gasteiger partial charge >= 0.3 is 0 Å². The van der Waals surface area contributed by atoms with Gasteiger partial charge < -0.3 is 10.0 Å². The van der Waals surface area contributed by atoms with Crippen molar-refractivity contribution in [2.45, 2.75) is 13.3 Å². The number of nitrogens with zero attached hydrogens (tertiary/aromatic N) is 1. The highest BCUT2D eigenvalue weighted by Crippen LogP contribution is 2.12. The van der Waals surface area contributed by atoms with Gasteiger partial charge in [0.15, 0.2) is 0 Å². The van der Waals surface area contributed by atoms with E-state index >= 15 is 0 Å². The molecule has 1 aromatic rings. The third kappa shape index (κ3) is 3.57. The lowest BCUT2D eigenvalue weighted by Gasteiger charge is -2.14. The first-order chi connectivity index (χ1) is 8.60. The van der Waals surface area contributed by atoms with Gasteiger partial charge in [0.25, 0.3) is 5.91 Å². The van der Waals surface area contributed by atoms with Gasteiger partial charge in [0, 0.05) is 25.6 Å². The van der Waals surface area contributed by atoms with Crippen molar-refractivity contribution in [3.63, 3.8) is 0 Å². The van der Waals surface area contributed by atoms with Crippen molar-refractivity contribution in [2.24, 2.45) is 0 Å². The van der Waals surface area contributed by atoms with Crippen molar-refractivity contribution < 1.29 is 14.3 Å². The summed E-state index contributed by atoms with van der Waals surface area (Å²) in [5, 5.41) is 8.58. The van der Waals surface area contributed by atoms with Gasteiger partial charge in [0.1, 0.15) is 5.82 Å². The van der Waals surface area contributed by atoms with E-state index in [9.17, 15) is 9.18 Å². The van der Waals surface area contributed by atoms with Crippen LogP contribution in [0, 0.1) is 17.7 Å². The number of carbonyl (C=O) groups is 1. The van der Waals surface area contributed by atoms with Crippen LogP contribution in [0.2, 0.25) is 0 Å². The molecule has 0 radical (unpaired) electrons. The summed E-state index contributed by atoms with van der Waals surface area (Å²) in [4.78, 5) is 13.2. The van der Waals surface area contributed by atoms with Crippen molar-refractivity contribution in [2.75, 3.05) is 20.2 Å². The standard InChI is InChI=1S/C14H16FNO2/c1-3-16(2)14(18)12-8-7-11(10-13(12)15)6-4-5-9-17/h7-8,10,17H,3,5,9H2,1-2H3. The molecule has 0 heterocycles. The first-order valence-electron chi connectivity index (χ1n) is 5.75. The quantitative estimate of drug-likeness (QED) is 0.827. The number of aliphatic hydroxyl groups is 1. The van der Waals surface area contributed by atoms with Crippen molar-refractivity contribution in [3.05, 3.63) is 35.1 Å². The molecular formula is C14H16FNO2. The summed E-state index contributed by atoms with van der Waals surface area (Å²) < 4.78 is 13.7. The van der Waals surface area contributed by atoms with Crippen LogP contribution in [0.4, 0.5) is 4.39 Å². The van der Waals surface area contributed by atoms with Gasteiger partial charge in [-0.1, -0.05) is 11.8 Å². The molecule has 0 spiro atoms. The molecule has 0 unspecified atom stereocenters. The number of halogens is 1. The Kier molecular flexibility index (Phi) is 5.34. The van der Waals surface area contributed by atoms with E-state index in [1.165, 1.54) is 17.0 Å². The molecule has 0 aliphatic heterocycles. The van der Waals surface area contributed by atoms with Gasteiger partial charge in [-0.05, 0) is 25.1 Å². The van der Waals surface area contributed by atoms with Gasteiger partial charge in [-0.25, -0.2) is 4.39 Å². The Hall–Kier alpha value is -1.86. The minimum atomic E-state index is -0.573. The molecular weight excluding hydrogens is 233 g/mol. The monoisotopic (exact) mass is 249 g/mol. The largest absolute Gasteiger partial charge is 0.395 e. The van der Waals surface area contributed by atoms with Crippen LogP contribution in [0.3, 0.4) is 0 Å². The second-order valence-corrected chi connectivity index (χ2v) is 3.79. The Balaban J connectivity index is 2.94. The van der Waals surface area contributed by atoms with Crippen LogP contribution in [-0.4, -0.2) is 36.1 Å². The normalized spacial score (nSPS) is 9.56. The Morgan fingerprint density at radius 1 is 1.50 bits per heavy atom. The summed E-state index contributed by atoms with van der Waals surface area (Å²) in [5.41, 5.74) is 0.545. The van der Waals surface area contributed by atoms with Crippen LogP contribution in [-0.2, 0) is 0 Å². The Morgan fingerprint density at radius 2 is 2.22 bits per heavy atom. The van der Waals surface area contributed by atoms with Crippen LogP contribution in [0.25, 0.3) is 0 Å². The minimum Gasteiger partial charge on any atom is -0.395 e. The zero-order chi connectivity index (χ0) is 13.5. The molecule has 4 heteroatoms. The van der Waals surface area contributed by atoms with Crippen molar-refractivity contribution in [1.82, 2.24) is 4.90 Å². The molecule has 1 amide bonds. The molecule has 0 saturated heterocycles. The van der Waals surface area contributed by atoms with E-state index in [4.69, 9.17) is 5.11 Å². The molecule has 1 aromatic carbocycles. The molecule has 0 atom stereocenters. The molecule has 1 N–H and O–H groups in total. The lowest BCUT2D eigenvalue weighted by molar-refractivity contribution is 0.0798. The average Bonchev–Trinajstić information content (AvgIpc) is 2.37. The molecule has 0 aliphatic rings. The van der Waals surface area contributed by atoms with E-state index in [-0.39, 0.29) is 18.1 Å². The zero-order valence-electron chi connectivity index (χ0n) is 10.5. The molecule has 0 fully saturated rings. The van der Waals surface area contributed by atoms with Crippen molar-refractivity contribution in [1.29, 1.82) is 0 Å². The summed E-state index contributed by atoms with van der Waals surface area (Å²) in [5.74, 6) is 4.50. The first kappa shape index (κ1) is 14.2. The fraction of sp³-hybridized carbons (Fsp3) is 0.357. The highest BCUT2D eigenvalue weighted by atomic mass is 19.1. The second-order valence-electron chi connectivity index (χ2n) is 3.79. The van der Waals surface area contributed by atoms with E-state index in [0.717, 1.165) is 0 Å². The number of rotatable bonds is 3. The summed E-state index contributed by atoms with van der Waals surface area (Å²) >= 11 is 0. The van der Waals surface area contributed by atoms with Crippen LogP contribution in [0.15, 0.2) is 18.2 Å². The first-order valence-corrected chi connectivity index (χ1v) is 5.75. The average molecular weight is 249 g/mol. The molecule has 0 bridgehead atoms. The predicted octanol–water partition coefficient (Wildman–Crippen LogP) is 1.65. The van der Waals surface area contributed by atoms with Crippen molar-refractivity contribution >= 4 is 5.91 Å². The van der Waals surface area contributed by atoms with Crippen LogP contribution in [0.1, 0.15) is 29.3 Å². The fourth-order valence-corrected chi connectivity index (χ4v) is 1.34.